The van der Waals surface area contributed by atoms with Gasteiger partial charge in [-0.1, -0.05) is 6.08 Å². The van der Waals surface area contributed by atoms with Crippen molar-refractivity contribution in [2.75, 3.05) is 0 Å². The Morgan fingerprint density at radius 2 is 2.62 bits per heavy atom. The monoisotopic (exact) mass is 108 g/mol. The Bertz CT molecular complexity index is 171. The molecule has 3 unspecified atom stereocenters. The van der Waals surface area contributed by atoms with Gasteiger partial charge in [-0.05, 0) is 24.3 Å². The van der Waals surface area contributed by atoms with Gasteiger partial charge in [0, 0.05) is 0 Å². The van der Waals surface area contributed by atoms with Crippen molar-refractivity contribution in [3.05, 3.63) is 11.6 Å². The molecule has 1 saturated carbocycles. The Kier molecular flexibility index (Phi) is 0.406. The molecule has 1 heteroatoms. The van der Waals surface area contributed by atoms with Gasteiger partial charge in [0.15, 0.2) is 0 Å². The maximum atomic E-state index is 5.37. The zero-order valence-electron chi connectivity index (χ0n) is 4.63. The van der Waals surface area contributed by atoms with E-state index in [1.54, 1.807) is 5.57 Å². The molecule has 2 aliphatic carbocycles. The minimum absolute atomic E-state index is 0.605. The first kappa shape index (κ1) is 3.67. The molecule has 1 heterocycles. The third-order valence-electron chi connectivity index (χ3n) is 2.54. The molecule has 0 spiro atoms. The van der Waals surface area contributed by atoms with Crippen LogP contribution in [0.25, 0.3) is 0 Å². The SMILES string of the molecule is C1=C2CC(C1)C1OC21. The summed E-state index contributed by atoms with van der Waals surface area (Å²) in [5, 5.41) is 0. The predicted octanol–water partition coefficient (Wildman–Crippen LogP) is 1.10. The quantitative estimate of drug-likeness (QED) is 0.334. The Hall–Kier alpha value is -0.300. The second-order valence-electron chi connectivity index (χ2n) is 3.00. The van der Waals surface area contributed by atoms with E-state index in [0.717, 1.165) is 5.92 Å². The van der Waals surface area contributed by atoms with Crippen LogP contribution in [0.2, 0.25) is 0 Å². The highest BCUT2D eigenvalue weighted by Crippen LogP contribution is 2.52. The van der Waals surface area contributed by atoms with Gasteiger partial charge in [0.2, 0.25) is 0 Å². The molecular weight excluding hydrogens is 100 g/mol. The molecule has 1 nitrogen and oxygen atoms in total. The molecule has 0 aromatic heterocycles. The van der Waals surface area contributed by atoms with Gasteiger partial charge in [-0.2, -0.15) is 0 Å². The van der Waals surface area contributed by atoms with Crippen molar-refractivity contribution in [1.82, 2.24) is 0 Å². The second-order valence-corrected chi connectivity index (χ2v) is 3.00. The van der Waals surface area contributed by atoms with E-state index in [9.17, 15) is 0 Å². The summed E-state index contributed by atoms with van der Waals surface area (Å²) in [4.78, 5) is 0. The Morgan fingerprint density at radius 3 is 3.12 bits per heavy atom. The maximum Gasteiger partial charge on any atom is 0.105 e. The molecule has 0 aromatic carbocycles. The molecule has 0 N–H and O–H groups in total. The van der Waals surface area contributed by atoms with E-state index in [1.165, 1.54) is 12.8 Å². The lowest BCUT2D eigenvalue weighted by Gasteiger charge is -1.97. The molecule has 42 valence electrons. The lowest BCUT2D eigenvalue weighted by atomic mass is 10.1. The molecule has 0 amide bonds. The Balaban J connectivity index is 2.16. The standard InChI is InChI=1S/C7H8O/c1-2-5-3-4(1)6-7(5)8-6/h1,5-7H,2-3H2. The van der Waals surface area contributed by atoms with Crippen molar-refractivity contribution in [2.24, 2.45) is 5.92 Å². The average Bonchev–Trinajstić information content (AvgIpc) is 2.39. The number of rotatable bonds is 0. The van der Waals surface area contributed by atoms with Gasteiger partial charge < -0.3 is 4.74 Å². The molecule has 0 radical (unpaired) electrons. The summed E-state index contributed by atoms with van der Waals surface area (Å²) in [5.74, 6) is 0.898. The molecule has 2 bridgehead atoms. The van der Waals surface area contributed by atoms with Crippen LogP contribution in [0.15, 0.2) is 11.6 Å². The summed E-state index contributed by atoms with van der Waals surface area (Å²) in [7, 11) is 0. The van der Waals surface area contributed by atoms with Gasteiger partial charge >= 0.3 is 0 Å². The molecule has 1 saturated heterocycles. The first-order valence-corrected chi connectivity index (χ1v) is 3.29. The van der Waals surface area contributed by atoms with Gasteiger partial charge in [-0.25, -0.2) is 0 Å². The van der Waals surface area contributed by atoms with Crippen molar-refractivity contribution < 1.29 is 4.74 Å². The molecule has 3 aliphatic rings. The van der Waals surface area contributed by atoms with Crippen molar-refractivity contribution in [1.29, 1.82) is 0 Å². The van der Waals surface area contributed by atoms with Gasteiger partial charge in [-0.3, -0.25) is 0 Å². The summed E-state index contributed by atoms with van der Waals surface area (Å²) in [6.45, 7) is 0. The van der Waals surface area contributed by atoms with Crippen LogP contribution in [-0.2, 0) is 4.74 Å². The summed E-state index contributed by atoms with van der Waals surface area (Å²) in [6.07, 6.45) is 6.30. The summed E-state index contributed by atoms with van der Waals surface area (Å²) >= 11 is 0. The van der Waals surface area contributed by atoms with Crippen LogP contribution < -0.4 is 0 Å². The van der Waals surface area contributed by atoms with Crippen LogP contribution in [0.5, 0.6) is 0 Å². The Morgan fingerprint density at radius 1 is 1.62 bits per heavy atom. The number of hydrogen-bond donors (Lipinski definition) is 0. The predicted molar refractivity (Wildman–Crippen MR) is 29.5 cm³/mol. The highest BCUT2D eigenvalue weighted by Gasteiger charge is 2.55. The van der Waals surface area contributed by atoms with E-state index in [4.69, 9.17) is 4.74 Å². The second kappa shape index (κ2) is 0.883. The van der Waals surface area contributed by atoms with E-state index in [2.05, 4.69) is 6.08 Å². The molecule has 1 aliphatic heterocycles. The van der Waals surface area contributed by atoms with Crippen LogP contribution >= 0.6 is 0 Å². The maximum absolute atomic E-state index is 5.37. The van der Waals surface area contributed by atoms with E-state index < -0.39 is 0 Å². The van der Waals surface area contributed by atoms with Gasteiger partial charge in [0.25, 0.3) is 0 Å². The van der Waals surface area contributed by atoms with Crippen LogP contribution in [-0.4, -0.2) is 12.2 Å². The van der Waals surface area contributed by atoms with Crippen LogP contribution in [0.3, 0.4) is 0 Å². The summed E-state index contributed by atoms with van der Waals surface area (Å²) in [5.41, 5.74) is 1.60. The van der Waals surface area contributed by atoms with Crippen LogP contribution in [0, 0.1) is 5.92 Å². The lowest BCUT2D eigenvalue weighted by molar-refractivity contribution is 0.308. The van der Waals surface area contributed by atoms with E-state index in [-0.39, 0.29) is 0 Å². The number of allylic oxidation sites excluding steroid dienone is 1. The number of ether oxygens (including phenoxy) is 1. The van der Waals surface area contributed by atoms with E-state index >= 15 is 0 Å². The molecule has 3 atom stereocenters. The third-order valence-corrected chi connectivity index (χ3v) is 2.54. The first-order chi connectivity index (χ1) is 3.95. The first-order valence-electron chi connectivity index (χ1n) is 3.29. The molecule has 0 aromatic rings. The largest absolute Gasteiger partial charge is 0.365 e. The molecule has 3 rings (SSSR count). The van der Waals surface area contributed by atoms with E-state index in [1.807, 2.05) is 0 Å². The fourth-order valence-electron chi connectivity index (χ4n) is 2.04. The normalized spacial score (nSPS) is 56.0. The van der Waals surface area contributed by atoms with Crippen molar-refractivity contribution >= 4 is 0 Å². The summed E-state index contributed by atoms with van der Waals surface area (Å²) < 4.78 is 5.37. The third kappa shape index (κ3) is 0.244. The van der Waals surface area contributed by atoms with Gasteiger partial charge in [0.05, 0.1) is 6.10 Å². The minimum atomic E-state index is 0.605. The minimum Gasteiger partial charge on any atom is -0.365 e. The van der Waals surface area contributed by atoms with Crippen molar-refractivity contribution in [3.63, 3.8) is 0 Å². The number of epoxide rings is 1. The van der Waals surface area contributed by atoms with Crippen molar-refractivity contribution in [3.8, 4) is 0 Å². The van der Waals surface area contributed by atoms with Gasteiger partial charge in [-0.15, -0.1) is 0 Å². The average molecular weight is 108 g/mol. The number of fused-ring (bicyclic) bond motifs is 5. The Labute approximate surface area is 48.3 Å². The highest BCUT2D eigenvalue weighted by atomic mass is 16.6. The molecule has 2 fully saturated rings. The fraction of sp³-hybridized carbons (Fsp3) is 0.714. The van der Waals surface area contributed by atoms with Crippen LogP contribution in [0.1, 0.15) is 12.8 Å². The van der Waals surface area contributed by atoms with Crippen LogP contribution in [0.4, 0.5) is 0 Å². The lowest BCUT2D eigenvalue weighted by Crippen LogP contribution is -1.99. The molecule has 8 heavy (non-hydrogen) atoms. The number of hydrogen-bond acceptors (Lipinski definition) is 1. The smallest absolute Gasteiger partial charge is 0.105 e. The zero-order valence-corrected chi connectivity index (χ0v) is 4.63. The van der Waals surface area contributed by atoms with Gasteiger partial charge in [0.1, 0.15) is 6.10 Å². The van der Waals surface area contributed by atoms with E-state index in [0.29, 0.717) is 12.2 Å². The molecular formula is C7H8O. The van der Waals surface area contributed by atoms with Crippen molar-refractivity contribution in [2.45, 2.75) is 25.0 Å². The zero-order chi connectivity index (χ0) is 5.14. The fourth-order valence-corrected chi connectivity index (χ4v) is 2.04. The summed E-state index contributed by atoms with van der Waals surface area (Å²) in [6, 6.07) is 0. The topological polar surface area (TPSA) is 12.5 Å². The highest BCUT2D eigenvalue weighted by molar-refractivity contribution is 5.31.